The standard InChI is InChI=1S/C30H44ClN7O3S/c1-18(2)17-42(39,40)28(32)26(16-33-6)35-29-24(31)15-34-30(37-29)36-25-13-20(5)23(14-27(25)41-22-7-8-22)21-9-11-38(12-10-21)19(3)4/h13-16,18-19,21-22,32-33H,7-12,17H2,1-6H3,(H2,34,35,36,37)/b26-16+,32-28?. The van der Waals surface area contributed by atoms with Crippen LogP contribution in [-0.4, -0.2) is 66.4 Å². The summed E-state index contributed by atoms with van der Waals surface area (Å²) in [4.78, 5) is 11.4. The van der Waals surface area contributed by atoms with Crippen LogP contribution in [0, 0.1) is 18.3 Å². The quantitative estimate of drug-likeness (QED) is 0.171. The first kappa shape index (κ1) is 32.0. The number of halogens is 1. The fourth-order valence-electron chi connectivity index (χ4n) is 5.19. The van der Waals surface area contributed by atoms with Gasteiger partial charge in [-0.1, -0.05) is 25.4 Å². The summed E-state index contributed by atoms with van der Waals surface area (Å²) in [5, 5.41) is 17.0. The molecule has 0 atom stereocenters. The van der Waals surface area contributed by atoms with Gasteiger partial charge in [-0.05, 0) is 94.6 Å². The zero-order valence-corrected chi connectivity index (χ0v) is 27.0. The van der Waals surface area contributed by atoms with Crippen molar-refractivity contribution in [2.75, 3.05) is 36.5 Å². The van der Waals surface area contributed by atoms with Crippen molar-refractivity contribution in [1.29, 1.82) is 5.41 Å². The van der Waals surface area contributed by atoms with E-state index in [2.05, 4.69) is 63.7 Å². The van der Waals surface area contributed by atoms with E-state index in [1.54, 1.807) is 20.9 Å². The van der Waals surface area contributed by atoms with E-state index in [9.17, 15) is 8.42 Å². The Morgan fingerprint density at radius 3 is 2.48 bits per heavy atom. The second-order valence-electron chi connectivity index (χ2n) is 11.9. The van der Waals surface area contributed by atoms with E-state index in [1.165, 1.54) is 23.5 Å². The third-order valence-electron chi connectivity index (χ3n) is 7.53. The lowest BCUT2D eigenvalue weighted by Crippen LogP contribution is -2.37. The average molecular weight is 618 g/mol. The van der Waals surface area contributed by atoms with Crippen LogP contribution < -0.4 is 20.7 Å². The fraction of sp³-hybridized carbons (Fsp3) is 0.567. The largest absolute Gasteiger partial charge is 0.488 e. The number of sulfone groups is 1. The van der Waals surface area contributed by atoms with Crippen LogP contribution in [-0.2, 0) is 9.84 Å². The first-order chi connectivity index (χ1) is 19.9. The van der Waals surface area contributed by atoms with Gasteiger partial charge in [0.15, 0.2) is 20.7 Å². The predicted octanol–water partition coefficient (Wildman–Crippen LogP) is 5.83. The third-order valence-corrected chi connectivity index (χ3v) is 9.75. The number of rotatable bonds is 12. The highest BCUT2D eigenvalue weighted by Gasteiger charge is 2.28. The molecule has 0 amide bonds. The van der Waals surface area contributed by atoms with Gasteiger partial charge in [-0.15, -0.1) is 0 Å². The lowest BCUT2D eigenvalue weighted by molar-refractivity contribution is 0.171. The van der Waals surface area contributed by atoms with E-state index >= 15 is 0 Å². The number of likely N-dealkylation sites (tertiary alicyclic amines) is 1. The second-order valence-corrected chi connectivity index (χ2v) is 14.3. The molecule has 1 aliphatic carbocycles. The molecule has 1 aromatic carbocycles. The first-order valence-corrected chi connectivity index (χ1v) is 16.7. The second kappa shape index (κ2) is 13.6. The van der Waals surface area contributed by atoms with Crippen molar-refractivity contribution >= 4 is 43.9 Å². The van der Waals surface area contributed by atoms with Gasteiger partial charge in [-0.25, -0.2) is 13.4 Å². The van der Waals surface area contributed by atoms with Gasteiger partial charge >= 0.3 is 0 Å². The van der Waals surface area contributed by atoms with E-state index < -0.39 is 14.9 Å². The van der Waals surface area contributed by atoms with Crippen molar-refractivity contribution in [3.8, 4) is 5.75 Å². The lowest BCUT2D eigenvalue weighted by atomic mass is 9.86. The Bertz CT molecular complexity index is 1420. The molecule has 4 N–H and O–H groups in total. The highest BCUT2D eigenvalue weighted by atomic mass is 35.5. The summed E-state index contributed by atoms with van der Waals surface area (Å²) >= 11 is 6.41. The monoisotopic (exact) mass is 617 g/mol. The fourth-order valence-corrected chi connectivity index (χ4v) is 6.81. The number of anilines is 3. The van der Waals surface area contributed by atoms with E-state index in [0.717, 1.165) is 50.2 Å². The zero-order chi connectivity index (χ0) is 30.6. The molecule has 42 heavy (non-hydrogen) atoms. The van der Waals surface area contributed by atoms with E-state index in [1.807, 2.05) is 0 Å². The van der Waals surface area contributed by atoms with Gasteiger partial charge in [0, 0.05) is 19.3 Å². The van der Waals surface area contributed by atoms with Gasteiger partial charge in [0.05, 0.1) is 29.4 Å². The molecule has 1 aliphatic heterocycles. The summed E-state index contributed by atoms with van der Waals surface area (Å²) < 4.78 is 31.9. The number of hydrogen-bond donors (Lipinski definition) is 4. The molecule has 0 bridgehead atoms. The smallest absolute Gasteiger partial charge is 0.229 e. The molecule has 1 aromatic heterocycles. The third kappa shape index (κ3) is 8.14. The van der Waals surface area contributed by atoms with Gasteiger partial charge in [-0.3, -0.25) is 5.41 Å². The molecule has 2 aromatic rings. The number of aryl methyl sites for hydroxylation is 1. The molecule has 0 radical (unpaired) electrons. The Balaban J connectivity index is 1.58. The molecule has 1 saturated heterocycles. The van der Waals surface area contributed by atoms with Crippen molar-refractivity contribution in [1.82, 2.24) is 20.2 Å². The maximum atomic E-state index is 12.8. The van der Waals surface area contributed by atoms with Gasteiger partial charge in [0.2, 0.25) is 5.95 Å². The molecule has 12 heteroatoms. The van der Waals surface area contributed by atoms with E-state index in [0.29, 0.717) is 12.0 Å². The molecule has 230 valence electrons. The number of benzene rings is 1. The van der Waals surface area contributed by atoms with Gasteiger partial charge in [0.1, 0.15) is 10.8 Å². The molecular formula is C30H44ClN7O3S. The van der Waals surface area contributed by atoms with Crippen LogP contribution in [0.1, 0.15) is 70.4 Å². The molecular weight excluding hydrogens is 574 g/mol. The van der Waals surface area contributed by atoms with Crippen LogP contribution >= 0.6 is 11.6 Å². The van der Waals surface area contributed by atoms with Crippen LogP contribution in [0.2, 0.25) is 5.02 Å². The molecule has 4 rings (SSSR count). The first-order valence-electron chi connectivity index (χ1n) is 14.7. The van der Waals surface area contributed by atoms with Crippen molar-refractivity contribution in [3.63, 3.8) is 0 Å². The minimum absolute atomic E-state index is 0.0335. The van der Waals surface area contributed by atoms with Crippen LogP contribution in [0.4, 0.5) is 17.5 Å². The molecule has 0 spiro atoms. The van der Waals surface area contributed by atoms with Crippen molar-refractivity contribution in [2.24, 2.45) is 5.92 Å². The predicted molar refractivity (Wildman–Crippen MR) is 171 cm³/mol. The van der Waals surface area contributed by atoms with E-state index in [-0.39, 0.29) is 40.3 Å². The minimum Gasteiger partial charge on any atom is -0.488 e. The zero-order valence-electron chi connectivity index (χ0n) is 25.4. The van der Waals surface area contributed by atoms with Crippen LogP contribution in [0.15, 0.2) is 30.2 Å². The average Bonchev–Trinajstić information content (AvgIpc) is 3.74. The summed E-state index contributed by atoms with van der Waals surface area (Å²) in [6.07, 6.45) is 7.36. The topological polar surface area (TPSA) is 132 Å². The summed E-state index contributed by atoms with van der Waals surface area (Å²) in [5.41, 5.74) is 3.29. The van der Waals surface area contributed by atoms with Gasteiger partial charge in [-0.2, -0.15) is 4.98 Å². The number of nitrogens with one attached hydrogen (secondary N) is 4. The van der Waals surface area contributed by atoms with E-state index in [4.69, 9.17) is 21.7 Å². The van der Waals surface area contributed by atoms with Crippen molar-refractivity contribution < 1.29 is 13.2 Å². The Morgan fingerprint density at radius 1 is 1.19 bits per heavy atom. The number of ether oxygens (including phenoxy) is 1. The maximum Gasteiger partial charge on any atom is 0.229 e. The number of aromatic nitrogens is 2. The Hall–Kier alpha value is -2.89. The van der Waals surface area contributed by atoms with Crippen LogP contribution in [0.25, 0.3) is 0 Å². The van der Waals surface area contributed by atoms with Gasteiger partial charge in [0.25, 0.3) is 0 Å². The molecule has 1 saturated carbocycles. The summed E-state index contributed by atoms with van der Waals surface area (Å²) in [7, 11) is -2.19. The Labute approximate surface area is 255 Å². The number of piperidine rings is 1. The summed E-state index contributed by atoms with van der Waals surface area (Å²) in [6.45, 7) is 12.4. The molecule has 2 heterocycles. The summed E-state index contributed by atoms with van der Waals surface area (Å²) in [6, 6.07) is 4.83. The molecule has 0 unspecified atom stereocenters. The van der Waals surface area contributed by atoms with Crippen LogP contribution in [0.3, 0.4) is 0 Å². The molecule has 2 aliphatic rings. The Kier molecular flexibility index (Phi) is 10.4. The van der Waals surface area contributed by atoms with Crippen molar-refractivity contribution in [2.45, 2.75) is 78.4 Å². The lowest BCUT2D eigenvalue weighted by Gasteiger charge is -2.35. The SMILES string of the molecule is CN/C=C(/Nc1nc(Nc2cc(C)c(C3CCN(C(C)C)CC3)cc2OC2CC2)ncc1Cl)C(=N)S(=O)(=O)CC(C)C. The minimum atomic E-state index is -3.82. The number of hydrogen-bond acceptors (Lipinski definition) is 10. The molecule has 10 nitrogen and oxygen atoms in total. The normalized spacial score (nSPS) is 17.0. The van der Waals surface area contributed by atoms with Crippen molar-refractivity contribution in [3.05, 3.63) is 46.4 Å². The number of nitrogens with zero attached hydrogens (tertiary/aromatic N) is 3. The molecule has 2 fully saturated rings. The summed E-state index contributed by atoms with van der Waals surface area (Å²) in [5.74, 6) is 1.43. The van der Waals surface area contributed by atoms with Gasteiger partial charge < -0.3 is 25.6 Å². The van der Waals surface area contributed by atoms with Crippen LogP contribution in [0.5, 0.6) is 5.75 Å². The highest BCUT2D eigenvalue weighted by molar-refractivity contribution is 8.06. The maximum absolute atomic E-state index is 12.8. The Morgan fingerprint density at radius 2 is 1.88 bits per heavy atom. The highest BCUT2D eigenvalue weighted by Crippen LogP contribution is 2.40.